The second-order valence-corrected chi connectivity index (χ2v) is 6.36. The lowest BCUT2D eigenvalue weighted by atomic mass is 10.1. The van der Waals surface area contributed by atoms with Crippen molar-refractivity contribution < 1.29 is 18.0 Å². The molecule has 150 valence electrons. The van der Waals surface area contributed by atoms with Gasteiger partial charge in [-0.1, -0.05) is 18.2 Å². The molecule has 1 aliphatic rings. The van der Waals surface area contributed by atoms with Gasteiger partial charge in [0, 0.05) is 38.6 Å². The van der Waals surface area contributed by atoms with E-state index in [1.807, 2.05) is 18.2 Å². The summed E-state index contributed by atoms with van der Waals surface area (Å²) in [5, 5.41) is 11.5. The smallest absolute Gasteiger partial charge is 0.373 e. The molecule has 0 spiro atoms. The zero-order valence-electron chi connectivity index (χ0n) is 15.4. The van der Waals surface area contributed by atoms with Gasteiger partial charge in [0.25, 0.3) is 5.91 Å². The first-order chi connectivity index (χ1) is 13.9. The number of anilines is 2. The number of pyridine rings is 1. The van der Waals surface area contributed by atoms with Crippen molar-refractivity contribution in [3.05, 3.63) is 66.0 Å². The Hall–Kier alpha value is -3.54. The van der Waals surface area contributed by atoms with Crippen LogP contribution in [0, 0.1) is 11.3 Å². The number of amides is 1. The maximum Gasteiger partial charge on any atom is 0.418 e. The molecule has 1 N–H and O–H groups in total. The van der Waals surface area contributed by atoms with Crippen molar-refractivity contribution in [2.75, 3.05) is 36.4 Å². The summed E-state index contributed by atoms with van der Waals surface area (Å²) in [5.41, 5.74) is -1.60. The maximum absolute atomic E-state index is 13.1. The fourth-order valence-electron chi connectivity index (χ4n) is 2.97. The number of carbonyl (C=O) groups is 1. The number of para-hydroxylation sites is 1. The monoisotopic (exact) mass is 401 g/mol. The number of rotatable bonds is 4. The predicted molar refractivity (Wildman–Crippen MR) is 102 cm³/mol. The van der Waals surface area contributed by atoms with E-state index in [9.17, 15) is 23.2 Å². The van der Waals surface area contributed by atoms with Crippen molar-refractivity contribution >= 4 is 17.4 Å². The molecule has 2 aromatic rings. The summed E-state index contributed by atoms with van der Waals surface area (Å²) in [7, 11) is 0. The van der Waals surface area contributed by atoms with Gasteiger partial charge in [-0.15, -0.1) is 0 Å². The number of aromatic nitrogens is 1. The quantitative estimate of drug-likeness (QED) is 0.629. The standard InChI is InChI=1S/C20H18F3N5O/c21-20(22,23)16-5-1-2-6-17(16)26-19(29)15(13-24)14-27-9-11-28(12-10-27)18-7-3-4-8-25-18/h1-8,14H,9-12H2,(H,26,29)/b15-14-. The van der Waals surface area contributed by atoms with Crippen LogP contribution in [0.2, 0.25) is 0 Å². The van der Waals surface area contributed by atoms with Crippen LogP contribution >= 0.6 is 0 Å². The van der Waals surface area contributed by atoms with Crippen LogP contribution in [0.1, 0.15) is 5.56 Å². The van der Waals surface area contributed by atoms with E-state index < -0.39 is 17.6 Å². The molecule has 29 heavy (non-hydrogen) atoms. The molecule has 9 heteroatoms. The second kappa shape index (κ2) is 8.65. The van der Waals surface area contributed by atoms with Gasteiger partial charge >= 0.3 is 6.18 Å². The van der Waals surface area contributed by atoms with E-state index in [2.05, 4.69) is 15.2 Å². The Morgan fingerprint density at radius 3 is 2.41 bits per heavy atom. The van der Waals surface area contributed by atoms with Crippen LogP contribution in [-0.4, -0.2) is 42.0 Å². The largest absolute Gasteiger partial charge is 0.418 e. The minimum Gasteiger partial charge on any atom is -0.373 e. The number of carbonyl (C=O) groups excluding carboxylic acids is 1. The SMILES string of the molecule is N#C/C(=C/N1CCN(c2ccccn2)CC1)C(=O)Nc1ccccc1C(F)(F)F. The summed E-state index contributed by atoms with van der Waals surface area (Å²) in [6.45, 7) is 2.39. The topological polar surface area (TPSA) is 72.3 Å². The zero-order valence-corrected chi connectivity index (χ0v) is 15.4. The van der Waals surface area contributed by atoms with Gasteiger partial charge in [-0.05, 0) is 24.3 Å². The highest BCUT2D eigenvalue weighted by atomic mass is 19.4. The molecular formula is C20H18F3N5O. The molecule has 0 unspecified atom stereocenters. The normalized spacial score (nSPS) is 15.0. The Labute approximate surface area is 165 Å². The lowest BCUT2D eigenvalue weighted by Gasteiger charge is -2.34. The number of piperazine rings is 1. The van der Waals surface area contributed by atoms with Gasteiger partial charge < -0.3 is 15.1 Å². The first-order valence-corrected chi connectivity index (χ1v) is 8.88. The maximum atomic E-state index is 13.1. The first kappa shape index (κ1) is 20.2. The van der Waals surface area contributed by atoms with Crippen LogP contribution < -0.4 is 10.2 Å². The number of benzene rings is 1. The van der Waals surface area contributed by atoms with Crippen molar-refractivity contribution in [3.63, 3.8) is 0 Å². The average Bonchev–Trinajstić information content (AvgIpc) is 2.72. The molecule has 0 bridgehead atoms. The Balaban J connectivity index is 1.67. The zero-order chi connectivity index (χ0) is 20.9. The summed E-state index contributed by atoms with van der Waals surface area (Å²) < 4.78 is 39.2. The van der Waals surface area contributed by atoms with Crippen molar-refractivity contribution in [3.8, 4) is 6.07 Å². The third-order valence-electron chi connectivity index (χ3n) is 4.44. The van der Waals surface area contributed by atoms with E-state index in [-0.39, 0.29) is 11.3 Å². The summed E-state index contributed by atoms with van der Waals surface area (Å²) in [6, 6.07) is 12.1. The third kappa shape index (κ3) is 5.04. The summed E-state index contributed by atoms with van der Waals surface area (Å²) in [5.74, 6) is -0.0329. The van der Waals surface area contributed by atoms with Crippen molar-refractivity contribution in [1.29, 1.82) is 5.26 Å². The van der Waals surface area contributed by atoms with Gasteiger partial charge in [0.1, 0.15) is 17.5 Å². The minimum atomic E-state index is -4.61. The molecule has 1 aromatic heterocycles. The molecule has 3 rings (SSSR count). The number of nitriles is 1. The molecule has 2 heterocycles. The molecule has 0 aliphatic carbocycles. The second-order valence-electron chi connectivity index (χ2n) is 6.36. The van der Waals surface area contributed by atoms with E-state index in [0.717, 1.165) is 18.0 Å². The lowest BCUT2D eigenvalue weighted by Crippen LogP contribution is -2.44. The number of alkyl halides is 3. The molecule has 0 atom stereocenters. The number of hydrogen-bond acceptors (Lipinski definition) is 5. The van der Waals surface area contributed by atoms with E-state index in [1.165, 1.54) is 18.3 Å². The number of nitrogens with zero attached hydrogens (tertiary/aromatic N) is 4. The summed E-state index contributed by atoms with van der Waals surface area (Å²) in [4.78, 5) is 20.5. The van der Waals surface area contributed by atoms with E-state index in [1.54, 1.807) is 17.2 Å². The summed E-state index contributed by atoms with van der Waals surface area (Å²) >= 11 is 0. The molecule has 1 amide bonds. The molecule has 1 aliphatic heterocycles. The Kier molecular flexibility index (Phi) is 6.02. The average molecular weight is 401 g/mol. The molecule has 6 nitrogen and oxygen atoms in total. The molecule has 0 saturated carbocycles. The van der Waals surface area contributed by atoms with E-state index in [0.29, 0.717) is 26.2 Å². The number of halogens is 3. The summed E-state index contributed by atoms with van der Waals surface area (Å²) in [6.07, 6.45) is -1.51. The number of nitrogens with one attached hydrogen (secondary N) is 1. The van der Waals surface area contributed by atoms with Crippen molar-refractivity contribution in [1.82, 2.24) is 9.88 Å². The van der Waals surface area contributed by atoms with Crippen LogP contribution in [0.4, 0.5) is 24.7 Å². The third-order valence-corrected chi connectivity index (χ3v) is 4.44. The fourth-order valence-corrected chi connectivity index (χ4v) is 2.97. The Morgan fingerprint density at radius 2 is 1.79 bits per heavy atom. The van der Waals surface area contributed by atoms with E-state index >= 15 is 0 Å². The highest BCUT2D eigenvalue weighted by Crippen LogP contribution is 2.34. The van der Waals surface area contributed by atoms with Crippen LogP contribution in [0.3, 0.4) is 0 Å². The molecule has 0 radical (unpaired) electrons. The molecule has 1 saturated heterocycles. The van der Waals surface area contributed by atoms with Gasteiger partial charge in [0.05, 0.1) is 11.3 Å². The van der Waals surface area contributed by atoms with Crippen LogP contribution in [-0.2, 0) is 11.0 Å². The van der Waals surface area contributed by atoms with Crippen LogP contribution in [0.25, 0.3) is 0 Å². The highest BCUT2D eigenvalue weighted by Gasteiger charge is 2.33. The van der Waals surface area contributed by atoms with Crippen molar-refractivity contribution in [2.45, 2.75) is 6.18 Å². The molecule has 1 aromatic carbocycles. The van der Waals surface area contributed by atoms with Gasteiger partial charge in [0.2, 0.25) is 0 Å². The fraction of sp³-hybridized carbons (Fsp3) is 0.250. The van der Waals surface area contributed by atoms with E-state index in [4.69, 9.17) is 0 Å². The Bertz CT molecular complexity index is 929. The predicted octanol–water partition coefficient (Wildman–Crippen LogP) is 3.27. The van der Waals surface area contributed by atoms with Crippen LogP contribution in [0.15, 0.2) is 60.4 Å². The van der Waals surface area contributed by atoms with Gasteiger partial charge in [-0.25, -0.2) is 4.98 Å². The highest BCUT2D eigenvalue weighted by molar-refractivity contribution is 6.06. The minimum absolute atomic E-state index is 0.256. The van der Waals surface area contributed by atoms with Crippen molar-refractivity contribution in [2.24, 2.45) is 0 Å². The lowest BCUT2D eigenvalue weighted by molar-refractivity contribution is -0.137. The van der Waals surface area contributed by atoms with Gasteiger partial charge in [-0.3, -0.25) is 4.79 Å². The first-order valence-electron chi connectivity index (χ1n) is 8.88. The van der Waals surface area contributed by atoms with Crippen LogP contribution in [0.5, 0.6) is 0 Å². The van der Waals surface area contributed by atoms with Gasteiger partial charge in [0.15, 0.2) is 0 Å². The number of hydrogen-bond donors (Lipinski definition) is 1. The Morgan fingerprint density at radius 1 is 1.10 bits per heavy atom. The molecule has 1 fully saturated rings. The molecular weight excluding hydrogens is 383 g/mol. The van der Waals surface area contributed by atoms with Gasteiger partial charge in [-0.2, -0.15) is 18.4 Å².